The van der Waals surface area contributed by atoms with E-state index < -0.39 is 35.4 Å². The fourth-order valence-corrected chi connectivity index (χ4v) is 7.63. The molecule has 4 N–H and O–H groups in total. The van der Waals surface area contributed by atoms with E-state index in [0.717, 1.165) is 48.6 Å². The molecule has 4 amide bonds. The third-order valence-corrected chi connectivity index (χ3v) is 10.9. The number of hydrogen-bond donors (Lipinski definition) is 4. The van der Waals surface area contributed by atoms with Gasteiger partial charge in [-0.3, -0.25) is 24.0 Å². The zero-order chi connectivity index (χ0) is 32.5. The summed E-state index contributed by atoms with van der Waals surface area (Å²) in [6.07, 6.45) is 5.38. The number of Topliss-reactive ketones (excluding diaryl/α,β-unsaturated/α-hetero) is 1. The van der Waals surface area contributed by atoms with Crippen LogP contribution in [0.4, 0.5) is 0 Å². The first-order valence-electron chi connectivity index (χ1n) is 16.3. The van der Waals surface area contributed by atoms with E-state index in [9.17, 15) is 24.0 Å². The number of nitrogens with zero attached hydrogens (tertiary/aromatic N) is 1. The van der Waals surface area contributed by atoms with Crippen molar-refractivity contribution < 1.29 is 24.0 Å². The summed E-state index contributed by atoms with van der Waals surface area (Å²) in [6.45, 7) is 8.78. The highest BCUT2D eigenvalue weighted by atomic mass is 35.5. The molecule has 0 radical (unpaired) electrons. The first-order valence-corrected chi connectivity index (χ1v) is 16.8. The maximum atomic E-state index is 14.6. The second-order valence-corrected chi connectivity index (χ2v) is 14.1. The number of rotatable bonds is 10. The summed E-state index contributed by atoms with van der Waals surface area (Å²) in [5.74, 6) is -2.37. The maximum Gasteiger partial charge on any atom is 0.268 e. The third-order valence-electron chi connectivity index (χ3n) is 10.6. The molecule has 2 aromatic rings. The normalized spacial score (nSPS) is 24.7. The second-order valence-electron chi connectivity index (χ2n) is 13.9. The minimum Gasteiger partial charge on any atom is -0.356 e. The zero-order valence-electron chi connectivity index (χ0n) is 26.7. The van der Waals surface area contributed by atoms with E-state index in [0.29, 0.717) is 25.2 Å². The predicted molar refractivity (Wildman–Crippen MR) is 173 cm³/mol. The van der Waals surface area contributed by atoms with E-state index in [4.69, 9.17) is 11.6 Å². The predicted octanol–water partition coefficient (Wildman–Crippen LogP) is 3.85. The van der Waals surface area contributed by atoms with Gasteiger partial charge in [-0.2, -0.15) is 0 Å². The van der Waals surface area contributed by atoms with Gasteiger partial charge < -0.3 is 25.8 Å². The Kier molecular flexibility index (Phi) is 9.91. The summed E-state index contributed by atoms with van der Waals surface area (Å²) in [4.78, 5) is 72.3. The molecule has 5 rings (SSSR count). The highest BCUT2D eigenvalue weighted by molar-refractivity contribution is 6.28. The van der Waals surface area contributed by atoms with E-state index in [-0.39, 0.29) is 47.6 Å². The standard InChI is InChI=1S/C34H46ClN5O5/c1-19-9-8-12-24-23(19)16-26(37-24)31(43)39-28(21-10-6-5-7-11-21)33(45)40-18-20(2)34(3,4)29(40)32(44)38-25(27(41)17-35)15-22-13-14-36-30(22)42/h8-9,12,16,20-22,25,28-29,37H,5-7,10-11,13-15,17-18H2,1-4H3,(H,36,42)(H,38,44)(H,39,43)/t20-,22?,25+,28+,29-/m1/s1. The van der Waals surface area contributed by atoms with Crippen molar-refractivity contribution in [1.29, 1.82) is 0 Å². The smallest absolute Gasteiger partial charge is 0.268 e. The number of hydrogen-bond acceptors (Lipinski definition) is 5. The molecule has 1 unspecified atom stereocenters. The van der Waals surface area contributed by atoms with Gasteiger partial charge in [-0.1, -0.05) is 52.2 Å². The van der Waals surface area contributed by atoms with Crippen LogP contribution in [0.2, 0.25) is 0 Å². The molecule has 1 aliphatic carbocycles. The van der Waals surface area contributed by atoms with Crippen LogP contribution in [-0.2, 0) is 19.2 Å². The maximum absolute atomic E-state index is 14.6. The van der Waals surface area contributed by atoms with Crippen LogP contribution in [0.3, 0.4) is 0 Å². The Morgan fingerprint density at radius 3 is 2.47 bits per heavy atom. The van der Waals surface area contributed by atoms with E-state index in [2.05, 4.69) is 20.9 Å². The number of likely N-dealkylation sites (tertiary alicyclic amines) is 1. The Morgan fingerprint density at radius 1 is 1.09 bits per heavy atom. The number of aromatic amines is 1. The van der Waals surface area contributed by atoms with Gasteiger partial charge in [0.25, 0.3) is 5.91 Å². The lowest BCUT2D eigenvalue weighted by atomic mass is 9.77. The quantitative estimate of drug-likeness (QED) is 0.293. The lowest BCUT2D eigenvalue weighted by Crippen LogP contribution is -2.59. The summed E-state index contributed by atoms with van der Waals surface area (Å²) in [5, 5.41) is 9.69. The lowest BCUT2D eigenvalue weighted by Gasteiger charge is -2.37. The topological polar surface area (TPSA) is 140 Å². The van der Waals surface area contributed by atoms with Crippen molar-refractivity contribution in [1.82, 2.24) is 25.8 Å². The van der Waals surface area contributed by atoms with E-state index in [1.54, 1.807) is 4.90 Å². The lowest BCUT2D eigenvalue weighted by molar-refractivity contribution is -0.144. The van der Waals surface area contributed by atoms with Gasteiger partial charge in [0, 0.05) is 29.9 Å². The van der Waals surface area contributed by atoms with Gasteiger partial charge in [0.2, 0.25) is 17.7 Å². The number of amides is 4. The molecule has 1 saturated carbocycles. The molecule has 3 heterocycles. The van der Waals surface area contributed by atoms with Crippen molar-refractivity contribution in [3.8, 4) is 0 Å². The Balaban J connectivity index is 1.41. The Bertz CT molecular complexity index is 1460. The highest BCUT2D eigenvalue weighted by Crippen LogP contribution is 2.42. The summed E-state index contributed by atoms with van der Waals surface area (Å²) in [7, 11) is 0. The fraction of sp³-hybridized carbons (Fsp3) is 0.618. The fourth-order valence-electron chi connectivity index (χ4n) is 7.45. The largest absolute Gasteiger partial charge is 0.356 e. The summed E-state index contributed by atoms with van der Waals surface area (Å²) in [6, 6.07) is 5.04. The summed E-state index contributed by atoms with van der Waals surface area (Å²) >= 11 is 5.92. The molecular weight excluding hydrogens is 594 g/mol. The van der Waals surface area contributed by atoms with Gasteiger partial charge in [-0.15, -0.1) is 11.6 Å². The van der Waals surface area contributed by atoms with Crippen LogP contribution in [0.15, 0.2) is 24.3 Å². The van der Waals surface area contributed by atoms with Crippen LogP contribution < -0.4 is 16.0 Å². The average molecular weight is 640 g/mol. The van der Waals surface area contributed by atoms with Crippen LogP contribution in [0.25, 0.3) is 10.9 Å². The van der Waals surface area contributed by atoms with Crippen LogP contribution in [0.1, 0.15) is 81.8 Å². The molecular formula is C34H46ClN5O5. The van der Waals surface area contributed by atoms with Crippen LogP contribution in [0.5, 0.6) is 0 Å². The number of nitrogens with one attached hydrogen (secondary N) is 4. The number of H-pyrrole nitrogens is 1. The Labute approximate surface area is 269 Å². The molecule has 0 spiro atoms. The molecule has 45 heavy (non-hydrogen) atoms. The van der Waals surface area contributed by atoms with Crippen LogP contribution in [0, 0.1) is 30.1 Å². The molecule has 11 heteroatoms. The Morgan fingerprint density at radius 2 is 1.82 bits per heavy atom. The van der Waals surface area contributed by atoms with Crippen LogP contribution in [-0.4, -0.2) is 76.4 Å². The van der Waals surface area contributed by atoms with Crippen molar-refractivity contribution in [2.24, 2.45) is 23.2 Å². The molecule has 3 fully saturated rings. The molecule has 0 bridgehead atoms. The molecule has 5 atom stereocenters. The number of alkyl halides is 1. The first kappa shape index (κ1) is 33.0. The van der Waals surface area contributed by atoms with Crippen LogP contribution >= 0.6 is 11.6 Å². The molecule has 3 aliphatic rings. The summed E-state index contributed by atoms with van der Waals surface area (Å²) < 4.78 is 0. The third kappa shape index (κ3) is 6.76. The van der Waals surface area contributed by atoms with Gasteiger partial charge in [-0.05, 0) is 67.6 Å². The number of aromatic nitrogens is 1. The van der Waals surface area contributed by atoms with Gasteiger partial charge in [0.05, 0.1) is 11.9 Å². The van der Waals surface area contributed by atoms with Gasteiger partial charge >= 0.3 is 0 Å². The second kappa shape index (κ2) is 13.5. The van der Waals surface area contributed by atoms with E-state index >= 15 is 0 Å². The minimum atomic E-state index is -0.938. The van der Waals surface area contributed by atoms with Gasteiger partial charge in [0.15, 0.2) is 5.78 Å². The first-order chi connectivity index (χ1) is 21.4. The van der Waals surface area contributed by atoms with E-state index in [1.165, 1.54) is 0 Å². The Hall–Kier alpha value is -3.40. The van der Waals surface area contributed by atoms with Crippen molar-refractivity contribution in [3.05, 3.63) is 35.5 Å². The molecule has 2 aliphatic heterocycles. The molecule has 10 nitrogen and oxygen atoms in total. The zero-order valence-corrected chi connectivity index (χ0v) is 27.5. The van der Waals surface area contributed by atoms with Crippen molar-refractivity contribution in [3.63, 3.8) is 0 Å². The summed E-state index contributed by atoms with van der Waals surface area (Å²) in [5.41, 5.74) is 1.67. The number of benzene rings is 1. The minimum absolute atomic E-state index is 0.0284. The number of aryl methyl sites for hydroxylation is 1. The number of carbonyl (C=O) groups is 5. The number of halogens is 1. The molecule has 244 valence electrons. The molecule has 1 aromatic heterocycles. The number of ketones is 1. The number of fused-ring (bicyclic) bond motifs is 1. The van der Waals surface area contributed by atoms with Crippen molar-refractivity contribution in [2.45, 2.75) is 90.8 Å². The van der Waals surface area contributed by atoms with Gasteiger partial charge in [-0.25, -0.2) is 0 Å². The van der Waals surface area contributed by atoms with Gasteiger partial charge in [0.1, 0.15) is 17.8 Å². The monoisotopic (exact) mass is 639 g/mol. The number of carbonyl (C=O) groups excluding carboxylic acids is 5. The highest BCUT2D eigenvalue weighted by Gasteiger charge is 2.53. The average Bonchev–Trinajstić information content (AvgIpc) is 3.71. The molecule has 1 aromatic carbocycles. The SMILES string of the molecule is Cc1cccc2[nH]c(C(=O)N[C@H](C(=O)N3C[C@@H](C)C(C)(C)[C@H]3C(=O)N[C@@H](CC3CCNC3=O)C(=O)CCl)C3CCCCC3)cc12. The van der Waals surface area contributed by atoms with Crippen molar-refractivity contribution >= 4 is 51.9 Å². The van der Waals surface area contributed by atoms with Crippen molar-refractivity contribution in [2.75, 3.05) is 19.0 Å². The molecule has 2 saturated heterocycles. The van der Waals surface area contributed by atoms with E-state index in [1.807, 2.05) is 52.0 Å².